The summed E-state index contributed by atoms with van der Waals surface area (Å²) in [6, 6.07) is 11.1. The molecule has 8 nitrogen and oxygen atoms in total. The van der Waals surface area contributed by atoms with E-state index in [4.69, 9.17) is 0 Å². The number of sulfonamides is 1. The number of amides is 1. The van der Waals surface area contributed by atoms with E-state index in [1.54, 1.807) is 6.07 Å². The first-order valence-corrected chi connectivity index (χ1v) is 11.4. The average molecular weight is 498 g/mol. The molecule has 13 heteroatoms. The van der Waals surface area contributed by atoms with Gasteiger partial charge in [-0.2, -0.15) is 9.40 Å². The normalized spacial score (nSPS) is 15.4. The molecule has 1 fully saturated rings. The maximum atomic E-state index is 13.4. The fourth-order valence-corrected chi connectivity index (χ4v) is 4.88. The molecule has 34 heavy (non-hydrogen) atoms. The van der Waals surface area contributed by atoms with Gasteiger partial charge in [-0.1, -0.05) is 6.07 Å². The molecular formula is C21H18F4N4O4S. The lowest BCUT2D eigenvalue weighted by Gasteiger charge is -2.33. The van der Waals surface area contributed by atoms with E-state index in [2.05, 4.69) is 9.84 Å². The Hall–Kier alpha value is -3.45. The number of hydrogen-bond donors (Lipinski definition) is 0. The van der Waals surface area contributed by atoms with Gasteiger partial charge in [-0.05, 0) is 48.5 Å². The number of benzene rings is 2. The van der Waals surface area contributed by atoms with Crippen molar-refractivity contribution in [2.24, 2.45) is 0 Å². The van der Waals surface area contributed by atoms with Gasteiger partial charge < -0.3 is 9.64 Å². The largest absolute Gasteiger partial charge is 0.573 e. The Bertz CT molecular complexity index is 1280. The quantitative estimate of drug-likeness (QED) is 0.505. The first kappa shape index (κ1) is 23.7. The van der Waals surface area contributed by atoms with Gasteiger partial charge in [0.1, 0.15) is 11.6 Å². The maximum Gasteiger partial charge on any atom is 0.573 e. The number of aromatic nitrogens is 2. The molecule has 1 aromatic heterocycles. The predicted octanol–water partition coefficient (Wildman–Crippen LogP) is 3.06. The SMILES string of the molecule is O=C(c1ccn(-c2cccc(F)c2)n1)N1CCN(S(=O)(=O)c2ccc(OC(F)(F)F)cc2)CC1. The van der Waals surface area contributed by atoms with Crippen LogP contribution in [0.25, 0.3) is 5.69 Å². The first-order chi connectivity index (χ1) is 16.0. The summed E-state index contributed by atoms with van der Waals surface area (Å²) >= 11 is 0. The molecule has 1 amide bonds. The van der Waals surface area contributed by atoms with E-state index in [1.807, 2.05) is 0 Å². The summed E-state index contributed by atoms with van der Waals surface area (Å²) in [6.45, 7) is 0.194. The van der Waals surface area contributed by atoms with Crippen LogP contribution in [0.3, 0.4) is 0 Å². The summed E-state index contributed by atoms with van der Waals surface area (Å²) < 4.78 is 82.2. The van der Waals surface area contributed by atoms with Gasteiger partial charge >= 0.3 is 6.36 Å². The van der Waals surface area contributed by atoms with Crippen molar-refractivity contribution in [2.45, 2.75) is 11.3 Å². The molecular weight excluding hydrogens is 480 g/mol. The third kappa shape index (κ3) is 5.20. The van der Waals surface area contributed by atoms with E-state index < -0.39 is 33.9 Å². The van der Waals surface area contributed by atoms with E-state index in [9.17, 15) is 30.8 Å². The molecule has 0 N–H and O–H groups in total. The summed E-state index contributed by atoms with van der Waals surface area (Å²) in [7, 11) is -3.97. The standard InChI is InChI=1S/C21H18F4N4O4S/c22-15-2-1-3-16(14-15)29-9-8-19(26-29)20(30)27-10-12-28(13-11-27)34(31,32)18-6-4-17(5-7-18)33-21(23,24)25/h1-9,14H,10-13H2. The van der Waals surface area contributed by atoms with Crippen LogP contribution in [0, 0.1) is 5.82 Å². The highest BCUT2D eigenvalue weighted by Gasteiger charge is 2.33. The minimum atomic E-state index is -4.88. The van der Waals surface area contributed by atoms with Crippen LogP contribution in [0.1, 0.15) is 10.5 Å². The minimum absolute atomic E-state index is 0.000515. The second-order valence-corrected chi connectivity index (χ2v) is 9.28. The molecule has 0 unspecified atom stereocenters. The molecule has 1 aliphatic rings. The average Bonchev–Trinajstić information content (AvgIpc) is 3.28. The van der Waals surface area contributed by atoms with Crippen LogP contribution in [0.15, 0.2) is 65.7 Å². The Labute approximate surface area is 192 Å². The van der Waals surface area contributed by atoms with Crippen LogP contribution in [0.2, 0.25) is 0 Å². The van der Waals surface area contributed by atoms with E-state index in [-0.39, 0.29) is 36.8 Å². The first-order valence-electron chi connectivity index (χ1n) is 10.00. The molecule has 4 rings (SSSR count). The molecule has 3 aromatic rings. The molecule has 0 bridgehead atoms. The monoisotopic (exact) mass is 498 g/mol. The van der Waals surface area contributed by atoms with E-state index in [0.29, 0.717) is 5.69 Å². The van der Waals surface area contributed by atoms with Crippen molar-refractivity contribution in [3.63, 3.8) is 0 Å². The van der Waals surface area contributed by atoms with Crippen molar-refractivity contribution in [1.82, 2.24) is 19.0 Å². The summed E-state index contributed by atoms with van der Waals surface area (Å²) in [5, 5.41) is 4.18. The lowest BCUT2D eigenvalue weighted by molar-refractivity contribution is -0.274. The molecule has 0 atom stereocenters. The molecule has 2 aromatic carbocycles. The Morgan fingerprint density at radius 3 is 2.26 bits per heavy atom. The van der Waals surface area contributed by atoms with Gasteiger partial charge in [0, 0.05) is 32.4 Å². The lowest BCUT2D eigenvalue weighted by Crippen LogP contribution is -2.50. The molecule has 0 spiro atoms. The molecule has 2 heterocycles. The Kier molecular flexibility index (Phi) is 6.32. The van der Waals surface area contributed by atoms with Gasteiger partial charge in [0.15, 0.2) is 5.69 Å². The Morgan fingerprint density at radius 1 is 0.971 bits per heavy atom. The number of nitrogens with zero attached hydrogens (tertiary/aromatic N) is 4. The zero-order valence-electron chi connectivity index (χ0n) is 17.4. The van der Waals surface area contributed by atoms with Crippen LogP contribution in [0.4, 0.5) is 17.6 Å². The highest BCUT2D eigenvalue weighted by Crippen LogP contribution is 2.25. The molecule has 180 valence electrons. The molecule has 0 saturated carbocycles. The van der Waals surface area contributed by atoms with Gasteiger partial charge in [-0.3, -0.25) is 4.79 Å². The molecule has 0 radical (unpaired) electrons. The second kappa shape index (κ2) is 9.06. The van der Waals surface area contributed by atoms with Crippen molar-refractivity contribution in [3.8, 4) is 11.4 Å². The maximum absolute atomic E-state index is 13.4. The molecule has 1 saturated heterocycles. The summed E-state index contributed by atoms with van der Waals surface area (Å²) in [5.74, 6) is -1.37. The third-order valence-corrected chi connectivity index (χ3v) is 7.01. The zero-order valence-corrected chi connectivity index (χ0v) is 18.3. The third-order valence-electron chi connectivity index (χ3n) is 5.10. The zero-order chi connectivity index (χ0) is 24.5. The fraction of sp³-hybridized carbons (Fsp3) is 0.238. The lowest BCUT2D eigenvalue weighted by atomic mass is 10.3. The highest BCUT2D eigenvalue weighted by molar-refractivity contribution is 7.89. The van der Waals surface area contributed by atoms with E-state index >= 15 is 0 Å². The summed E-state index contributed by atoms with van der Waals surface area (Å²) in [4.78, 5) is 14.1. The van der Waals surface area contributed by atoms with Gasteiger partial charge in [-0.25, -0.2) is 17.5 Å². The summed E-state index contributed by atoms with van der Waals surface area (Å²) in [6.07, 6.45) is -3.36. The summed E-state index contributed by atoms with van der Waals surface area (Å²) in [5.41, 5.74) is 0.572. The molecule has 1 aliphatic heterocycles. The van der Waals surface area contributed by atoms with Gasteiger partial charge in [0.2, 0.25) is 10.0 Å². The van der Waals surface area contributed by atoms with E-state index in [1.165, 1.54) is 40.0 Å². The smallest absolute Gasteiger partial charge is 0.406 e. The highest BCUT2D eigenvalue weighted by atomic mass is 32.2. The predicted molar refractivity (Wildman–Crippen MR) is 111 cm³/mol. The number of rotatable bonds is 5. The molecule has 0 aliphatic carbocycles. The van der Waals surface area contributed by atoms with Crippen LogP contribution in [-0.4, -0.2) is 65.9 Å². The van der Waals surface area contributed by atoms with Crippen LogP contribution >= 0.6 is 0 Å². The second-order valence-electron chi connectivity index (χ2n) is 7.34. The number of alkyl halides is 3. The van der Waals surface area contributed by atoms with Gasteiger partial charge in [0.05, 0.1) is 10.6 Å². The Balaban J connectivity index is 1.39. The van der Waals surface area contributed by atoms with Gasteiger partial charge in [0.25, 0.3) is 5.91 Å². The van der Waals surface area contributed by atoms with Gasteiger partial charge in [-0.15, -0.1) is 13.2 Å². The number of ether oxygens (including phenoxy) is 1. The van der Waals surface area contributed by atoms with Crippen molar-refractivity contribution in [1.29, 1.82) is 0 Å². The Morgan fingerprint density at radius 2 is 1.65 bits per heavy atom. The van der Waals surface area contributed by atoms with E-state index in [0.717, 1.165) is 28.6 Å². The van der Waals surface area contributed by atoms with Crippen molar-refractivity contribution in [3.05, 3.63) is 72.3 Å². The minimum Gasteiger partial charge on any atom is -0.406 e. The number of piperazine rings is 1. The topological polar surface area (TPSA) is 84.7 Å². The number of carbonyl (C=O) groups is 1. The van der Waals surface area contributed by atoms with Crippen molar-refractivity contribution >= 4 is 15.9 Å². The number of hydrogen-bond acceptors (Lipinski definition) is 5. The van der Waals surface area contributed by atoms with Crippen LogP contribution < -0.4 is 4.74 Å². The van der Waals surface area contributed by atoms with Crippen molar-refractivity contribution in [2.75, 3.05) is 26.2 Å². The van der Waals surface area contributed by atoms with Crippen molar-refractivity contribution < 1.29 is 35.5 Å². The van der Waals surface area contributed by atoms with Crippen LogP contribution in [-0.2, 0) is 10.0 Å². The van der Waals surface area contributed by atoms with Crippen LogP contribution in [0.5, 0.6) is 5.75 Å². The number of carbonyl (C=O) groups excluding carboxylic acids is 1. The number of halogens is 4. The fourth-order valence-electron chi connectivity index (χ4n) is 3.46.